The molecule has 0 bridgehead atoms. The number of benzene rings is 9. The second-order valence-electron chi connectivity index (χ2n) is 17.0. The Morgan fingerprint density at radius 1 is 0.408 bits per heavy atom. The van der Waals surface area contributed by atoms with Crippen molar-refractivity contribution in [1.82, 2.24) is 9.13 Å². The molecule has 12 rings (SSSR count). The molecule has 1 aliphatic carbocycles. The maximum absolute atomic E-state index is 7.60. The molecular formula is C65H50Au2N2P2+2. The van der Waals surface area contributed by atoms with Crippen molar-refractivity contribution in [2.24, 2.45) is 0 Å². The first kappa shape index (κ1) is 50.9. The van der Waals surface area contributed by atoms with E-state index >= 15 is 0 Å². The standard InChI is InChI=1S/C25H24P2.2C20H12N.2Au/c1-5-13-22(14-6-1)26(23-15-7-2-8-16-23)21-27(24-17-9-3-10-18-24)25-19-11-4-12-20-25;2*1-2-15-9-8-13-18-17-12-6-7-14-19(17)21(20(15)18)16-10-4-3-5-11-16;;/h1-19,25H,20-21H2;2*3-14H;;/q;2*-1;2*+1/p+2. The molecule has 2 nitrogen and oxygen atoms in total. The molecule has 0 amide bonds. The fourth-order valence-corrected chi connectivity index (χ4v) is 18.1. The molecule has 6 heteroatoms. The average molecular weight is 1320 g/mol. The number of para-hydroxylation sites is 6. The second kappa shape index (κ2) is 24.6. The van der Waals surface area contributed by atoms with E-state index in [-0.39, 0.29) is 44.8 Å². The van der Waals surface area contributed by atoms with Gasteiger partial charge in [-0.15, -0.1) is 23.3 Å². The number of fused-ring (bicyclic) bond motifs is 6. The van der Waals surface area contributed by atoms with Crippen molar-refractivity contribution in [2.45, 2.75) is 12.1 Å². The molecular weight excluding hydrogens is 1260 g/mol. The van der Waals surface area contributed by atoms with E-state index in [1.54, 1.807) is 5.30 Å². The van der Waals surface area contributed by atoms with Crippen LogP contribution in [-0.4, -0.2) is 20.7 Å². The Balaban J connectivity index is 0.000000142. The molecule has 0 radical (unpaired) electrons. The molecule has 0 saturated carbocycles. The van der Waals surface area contributed by atoms with Crippen molar-refractivity contribution in [2.75, 3.05) is 5.90 Å². The van der Waals surface area contributed by atoms with E-state index in [4.69, 9.17) is 12.8 Å². The third kappa shape index (κ3) is 11.0. The van der Waals surface area contributed by atoms with Crippen LogP contribution in [0, 0.1) is 24.7 Å². The van der Waals surface area contributed by atoms with Crippen LogP contribution in [0.5, 0.6) is 0 Å². The van der Waals surface area contributed by atoms with Crippen molar-refractivity contribution >= 4 is 75.4 Å². The molecule has 1 aliphatic rings. The molecule has 2 aromatic heterocycles. The quantitative estimate of drug-likeness (QED) is 0.0621. The summed E-state index contributed by atoms with van der Waals surface area (Å²) >= 11 is 0. The normalized spacial score (nSPS) is 12.9. The van der Waals surface area contributed by atoms with E-state index in [0.29, 0.717) is 5.66 Å². The van der Waals surface area contributed by atoms with Gasteiger partial charge in [-0.25, -0.2) is 0 Å². The first-order valence-electron chi connectivity index (χ1n) is 23.4. The zero-order valence-corrected chi connectivity index (χ0v) is 45.1. The third-order valence-electron chi connectivity index (χ3n) is 12.9. The van der Waals surface area contributed by atoms with Gasteiger partial charge >= 0.3 is 44.8 Å². The molecule has 2 heterocycles. The molecule has 11 aromatic rings. The maximum Gasteiger partial charge on any atom is 1.00 e. The van der Waals surface area contributed by atoms with Gasteiger partial charge in [-0.05, 0) is 101 Å². The first-order valence-corrected chi connectivity index (χ1v) is 26.9. The monoisotopic (exact) mass is 1310 g/mol. The summed E-state index contributed by atoms with van der Waals surface area (Å²) in [7, 11) is -1.52. The van der Waals surface area contributed by atoms with Crippen molar-refractivity contribution < 1.29 is 44.8 Å². The predicted molar refractivity (Wildman–Crippen MR) is 300 cm³/mol. The molecule has 2 atom stereocenters. The maximum atomic E-state index is 7.60. The smallest absolute Gasteiger partial charge is 0.366 e. The summed E-state index contributed by atoms with van der Waals surface area (Å²) in [5, 5.41) is 9.35. The Morgan fingerprint density at radius 2 is 0.789 bits per heavy atom. The van der Waals surface area contributed by atoms with Crippen LogP contribution >= 0.6 is 15.8 Å². The molecule has 350 valence electrons. The van der Waals surface area contributed by atoms with Gasteiger partial charge in [-0.1, -0.05) is 170 Å². The number of allylic oxidation sites excluding steroid dienone is 4. The molecule has 0 aliphatic heterocycles. The minimum atomic E-state index is -0.807. The largest absolute Gasteiger partial charge is 1.00 e. The van der Waals surface area contributed by atoms with Gasteiger partial charge in [0.15, 0.2) is 5.90 Å². The van der Waals surface area contributed by atoms with Gasteiger partial charge in [0.1, 0.15) is 18.5 Å². The average Bonchev–Trinajstić information content (AvgIpc) is 3.97. The number of nitrogens with zero attached hydrogens (tertiary/aromatic N) is 2. The topological polar surface area (TPSA) is 9.86 Å². The van der Waals surface area contributed by atoms with Gasteiger partial charge < -0.3 is 22.0 Å². The summed E-state index contributed by atoms with van der Waals surface area (Å²) in [6.45, 7) is 0. The SMILES string of the molecule is C1=CCC([PH+](C[PH+](c2ccccc2)c2ccccc2)c2ccccc2)C=C1.[Au+].[Au+].[C-]#Cc1cccc2c3ccccc3n(-c3ccccc3)c12.[C-]#Cc1cccc2c3ccccc3n(-c3ccccc3)c12. The van der Waals surface area contributed by atoms with Crippen LogP contribution in [0.1, 0.15) is 17.5 Å². The molecule has 0 saturated heterocycles. The van der Waals surface area contributed by atoms with E-state index in [9.17, 15) is 0 Å². The summed E-state index contributed by atoms with van der Waals surface area (Å²) in [5.74, 6) is 6.46. The van der Waals surface area contributed by atoms with Crippen LogP contribution in [-0.2, 0) is 44.8 Å². The Morgan fingerprint density at radius 3 is 1.20 bits per heavy atom. The molecule has 71 heavy (non-hydrogen) atoms. The fourth-order valence-electron chi connectivity index (χ4n) is 9.71. The zero-order chi connectivity index (χ0) is 46.8. The van der Waals surface area contributed by atoms with E-state index in [1.165, 1.54) is 33.7 Å². The predicted octanol–water partition coefficient (Wildman–Crippen LogP) is 14.7. The second-order valence-corrected chi connectivity index (χ2v) is 22.9. The summed E-state index contributed by atoms with van der Waals surface area (Å²) in [6, 6.07) is 83.0. The van der Waals surface area contributed by atoms with E-state index in [2.05, 4.69) is 221 Å². The van der Waals surface area contributed by atoms with Gasteiger partial charge in [0.2, 0.25) is 0 Å². The Bertz CT molecular complexity index is 3440. The van der Waals surface area contributed by atoms with Gasteiger partial charge in [-0.2, -0.15) is 0 Å². The van der Waals surface area contributed by atoms with Gasteiger partial charge in [-0.3, -0.25) is 11.8 Å². The van der Waals surface area contributed by atoms with Crippen LogP contribution in [0.15, 0.2) is 261 Å². The number of hydrogen-bond donors (Lipinski definition) is 0. The van der Waals surface area contributed by atoms with Gasteiger partial charge in [0.25, 0.3) is 0 Å². The Kier molecular flexibility index (Phi) is 17.6. The van der Waals surface area contributed by atoms with E-state index in [1.807, 2.05) is 60.7 Å². The molecule has 0 fully saturated rings. The van der Waals surface area contributed by atoms with Gasteiger partial charge in [0.05, 0.1) is 29.9 Å². The van der Waals surface area contributed by atoms with Crippen LogP contribution < -0.4 is 15.9 Å². The minimum absolute atomic E-state index is 0. The van der Waals surface area contributed by atoms with Crippen molar-refractivity contribution in [1.29, 1.82) is 0 Å². The van der Waals surface area contributed by atoms with Crippen molar-refractivity contribution in [3.8, 4) is 23.2 Å². The number of hydrogen-bond acceptors (Lipinski definition) is 0. The van der Waals surface area contributed by atoms with Gasteiger partial charge in [0, 0.05) is 28.6 Å². The number of rotatable bonds is 8. The molecule has 0 spiro atoms. The molecule has 0 N–H and O–H groups in total. The summed E-state index contributed by atoms with van der Waals surface area (Å²) in [6.07, 6.45) is 25.6. The minimum Gasteiger partial charge on any atom is -0.366 e. The molecule has 2 unspecified atom stereocenters. The number of aromatic nitrogens is 2. The Labute approximate surface area is 451 Å². The van der Waals surface area contributed by atoms with Crippen molar-refractivity contribution in [3.63, 3.8) is 0 Å². The summed E-state index contributed by atoms with van der Waals surface area (Å²) in [4.78, 5) is 0. The van der Waals surface area contributed by atoms with E-state index in [0.717, 1.165) is 55.3 Å². The van der Waals surface area contributed by atoms with Crippen LogP contribution in [0.3, 0.4) is 0 Å². The van der Waals surface area contributed by atoms with E-state index < -0.39 is 15.8 Å². The fraction of sp³-hybridized carbons (Fsp3) is 0.0462. The summed E-state index contributed by atoms with van der Waals surface area (Å²) < 4.78 is 4.42. The first-order chi connectivity index (χ1) is 34.2. The third-order valence-corrected chi connectivity index (χ3v) is 20.3. The van der Waals surface area contributed by atoms with Crippen LogP contribution in [0.4, 0.5) is 0 Å². The molecule has 9 aromatic carbocycles. The zero-order valence-electron chi connectivity index (χ0n) is 38.8. The van der Waals surface area contributed by atoms with Crippen LogP contribution in [0.2, 0.25) is 0 Å². The summed E-state index contributed by atoms with van der Waals surface area (Å²) in [5.41, 5.74) is 8.90. The Hall–Kier alpha value is -6.48. The van der Waals surface area contributed by atoms with Crippen molar-refractivity contribution in [3.05, 3.63) is 285 Å². The van der Waals surface area contributed by atoms with Crippen LogP contribution in [0.25, 0.3) is 55.0 Å².